The Morgan fingerprint density at radius 3 is 2.74 bits per heavy atom. The SMILES string of the molecule is C=CC(=O)Nc1cc(-c2cnc3[nH]cc(-c4ccncn4)c3c2)cn(Cc2ccccc2)c1=O. The van der Waals surface area contributed by atoms with Crippen molar-refractivity contribution in [2.75, 3.05) is 5.32 Å². The summed E-state index contributed by atoms with van der Waals surface area (Å²) in [7, 11) is 0. The lowest BCUT2D eigenvalue weighted by Gasteiger charge is -2.13. The second-order valence-electron chi connectivity index (χ2n) is 7.67. The number of aromatic amines is 1. The largest absolute Gasteiger partial charge is 0.345 e. The van der Waals surface area contributed by atoms with Gasteiger partial charge in [-0.1, -0.05) is 36.9 Å². The Morgan fingerprint density at radius 1 is 1.12 bits per heavy atom. The minimum absolute atomic E-state index is 0.170. The van der Waals surface area contributed by atoms with Crippen LogP contribution in [0.5, 0.6) is 0 Å². The van der Waals surface area contributed by atoms with Gasteiger partial charge in [-0.2, -0.15) is 0 Å². The topological polar surface area (TPSA) is 106 Å². The van der Waals surface area contributed by atoms with Crippen molar-refractivity contribution < 1.29 is 4.79 Å². The van der Waals surface area contributed by atoms with E-state index in [1.807, 2.05) is 48.7 Å². The fourth-order valence-electron chi connectivity index (χ4n) is 3.79. The Bertz CT molecular complexity index is 1560. The van der Waals surface area contributed by atoms with Gasteiger partial charge in [-0.05, 0) is 29.8 Å². The van der Waals surface area contributed by atoms with Crippen molar-refractivity contribution in [3.8, 4) is 22.4 Å². The molecule has 1 aromatic carbocycles. The van der Waals surface area contributed by atoms with Gasteiger partial charge in [-0.3, -0.25) is 9.59 Å². The van der Waals surface area contributed by atoms with E-state index >= 15 is 0 Å². The minimum Gasteiger partial charge on any atom is -0.345 e. The molecule has 0 aliphatic heterocycles. The number of benzene rings is 1. The molecule has 0 aliphatic carbocycles. The molecule has 8 heteroatoms. The minimum atomic E-state index is -0.453. The van der Waals surface area contributed by atoms with Crippen LogP contribution >= 0.6 is 0 Å². The molecule has 4 aromatic heterocycles. The van der Waals surface area contributed by atoms with Gasteiger partial charge >= 0.3 is 0 Å². The lowest BCUT2D eigenvalue weighted by atomic mass is 10.1. The molecule has 0 spiro atoms. The van der Waals surface area contributed by atoms with Gasteiger partial charge in [-0.25, -0.2) is 15.0 Å². The highest BCUT2D eigenvalue weighted by atomic mass is 16.2. The zero-order valence-electron chi connectivity index (χ0n) is 18.1. The number of hydrogen-bond donors (Lipinski definition) is 2. The standard InChI is InChI=1S/C26H20N6O2/c1-2-24(33)31-23-11-19(15-32(26(23)34)14-17-6-4-3-5-7-17)18-10-20-21(13-29-25(20)28-12-18)22-8-9-27-16-30-22/h2-13,15-16H,1,14H2,(H,28,29)(H,31,33). The lowest BCUT2D eigenvalue weighted by molar-refractivity contribution is -0.111. The van der Waals surface area contributed by atoms with E-state index in [1.165, 1.54) is 6.33 Å². The maximum absolute atomic E-state index is 13.1. The molecule has 166 valence electrons. The first kappa shape index (κ1) is 21.0. The maximum Gasteiger partial charge on any atom is 0.274 e. The van der Waals surface area contributed by atoms with E-state index in [1.54, 1.807) is 29.2 Å². The van der Waals surface area contributed by atoms with Gasteiger partial charge in [0, 0.05) is 46.9 Å². The van der Waals surface area contributed by atoms with Gasteiger partial charge in [0.2, 0.25) is 5.91 Å². The van der Waals surface area contributed by atoms with Crippen molar-refractivity contribution in [2.45, 2.75) is 6.54 Å². The summed E-state index contributed by atoms with van der Waals surface area (Å²) in [5.41, 5.74) is 4.74. The lowest BCUT2D eigenvalue weighted by Crippen LogP contribution is -2.25. The molecule has 5 aromatic rings. The number of nitrogens with zero attached hydrogens (tertiary/aromatic N) is 4. The van der Waals surface area contributed by atoms with Crippen molar-refractivity contribution >= 4 is 22.6 Å². The smallest absolute Gasteiger partial charge is 0.274 e. The van der Waals surface area contributed by atoms with Crippen LogP contribution in [0.15, 0.2) is 97.1 Å². The molecule has 0 fully saturated rings. The van der Waals surface area contributed by atoms with Gasteiger partial charge in [0.25, 0.3) is 5.56 Å². The number of anilines is 1. The Labute approximate surface area is 194 Å². The van der Waals surface area contributed by atoms with Crippen molar-refractivity contribution in [1.29, 1.82) is 0 Å². The normalized spacial score (nSPS) is 10.8. The molecule has 0 bridgehead atoms. The molecule has 8 nitrogen and oxygen atoms in total. The van der Waals surface area contributed by atoms with Crippen molar-refractivity contribution in [3.05, 3.63) is 108 Å². The van der Waals surface area contributed by atoms with Gasteiger partial charge in [0.05, 0.1) is 12.2 Å². The molecular weight excluding hydrogens is 428 g/mol. The van der Waals surface area contributed by atoms with E-state index < -0.39 is 5.91 Å². The average Bonchev–Trinajstić information content (AvgIpc) is 3.30. The molecule has 5 rings (SSSR count). The first-order chi connectivity index (χ1) is 16.6. The Hall–Kier alpha value is -4.85. The number of fused-ring (bicyclic) bond motifs is 1. The summed E-state index contributed by atoms with van der Waals surface area (Å²) in [5, 5.41) is 3.51. The van der Waals surface area contributed by atoms with Crippen LogP contribution in [0.2, 0.25) is 0 Å². The molecule has 0 unspecified atom stereocenters. The fraction of sp³-hybridized carbons (Fsp3) is 0.0385. The first-order valence-corrected chi connectivity index (χ1v) is 10.6. The number of H-pyrrole nitrogens is 1. The van der Waals surface area contributed by atoms with Gasteiger partial charge < -0.3 is 14.9 Å². The van der Waals surface area contributed by atoms with Crippen molar-refractivity contribution in [1.82, 2.24) is 24.5 Å². The number of hydrogen-bond acceptors (Lipinski definition) is 5. The maximum atomic E-state index is 13.1. The number of amides is 1. The van der Waals surface area contributed by atoms with E-state index in [2.05, 4.69) is 31.8 Å². The van der Waals surface area contributed by atoms with E-state index in [-0.39, 0.29) is 11.2 Å². The van der Waals surface area contributed by atoms with Crippen LogP contribution in [0.25, 0.3) is 33.4 Å². The Morgan fingerprint density at radius 2 is 1.97 bits per heavy atom. The first-order valence-electron chi connectivity index (χ1n) is 10.6. The number of aromatic nitrogens is 5. The molecule has 34 heavy (non-hydrogen) atoms. The van der Waals surface area contributed by atoms with Crippen LogP contribution in [0, 0.1) is 0 Å². The highest BCUT2D eigenvalue weighted by Gasteiger charge is 2.14. The van der Waals surface area contributed by atoms with E-state index in [0.717, 1.165) is 45.1 Å². The van der Waals surface area contributed by atoms with Crippen LogP contribution in [0.1, 0.15) is 5.56 Å². The monoisotopic (exact) mass is 448 g/mol. The molecule has 0 aliphatic rings. The summed E-state index contributed by atoms with van der Waals surface area (Å²) in [4.78, 5) is 41.1. The highest BCUT2D eigenvalue weighted by Crippen LogP contribution is 2.30. The quantitative estimate of drug-likeness (QED) is 0.382. The van der Waals surface area contributed by atoms with Crippen LogP contribution in [-0.2, 0) is 11.3 Å². The molecule has 0 saturated carbocycles. The van der Waals surface area contributed by atoms with Crippen LogP contribution < -0.4 is 10.9 Å². The summed E-state index contributed by atoms with van der Waals surface area (Å²) in [5.74, 6) is -0.453. The second kappa shape index (κ2) is 8.95. The Kier molecular flexibility index (Phi) is 5.53. The number of carbonyl (C=O) groups excluding carboxylic acids is 1. The third kappa shape index (κ3) is 4.12. The molecule has 0 radical (unpaired) electrons. The average molecular weight is 448 g/mol. The molecule has 1 amide bonds. The van der Waals surface area contributed by atoms with Gasteiger partial charge in [-0.15, -0.1) is 0 Å². The Balaban J connectivity index is 1.64. The van der Waals surface area contributed by atoms with E-state index in [9.17, 15) is 9.59 Å². The zero-order chi connectivity index (χ0) is 23.5. The van der Waals surface area contributed by atoms with Crippen molar-refractivity contribution in [3.63, 3.8) is 0 Å². The molecule has 0 atom stereocenters. The summed E-state index contributed by atoms with van der Waals surface area (Å²) >= 11 is 0. The van der Waals surface area contributed by atoms with E-state index in [4.69, 9.17) is 0 Å². The number of pyridine rings is 2. The highest BCUT2D eigenvalue weighted by molar-refractivity contribution is 5.99. The van der Waals surface area contributed by atoms with Gasteiger partial charge in [0.15, 0.2) is 0 Å². The summed E-state index contributed by atoms with van der Waals surface area (Å²) in [6, 6.07) is 15.1. The molecule has 0 saturated heterocycles. The molecule has 2 N–H and O–H groups in total. The number of nitrogens with one attached hydrogen (secondary N) is 2. The van der Waals surface area contributed by atoms with Gasteiger partial charge in [0.1, 0.15) is 17.7 Å². The third-order valence-electron chi connectivity index (χ3n) is 5.45. The second-order valence-corrected chi connectivity index (χ2v) is 7.67. The predicted molar refractivity (Wildman–Crippen MR) is 131 cm³/mol. The van der Waals surface area contributed by atoms with Crippen LogP contribution in [-0.4, -0.2) is 30.4 Å². The van der Waals surface area contributed by atoms with Crippen LogP contribution in [0.3, 0.4) is 0 Å². The summed E-state index contributed by atoms with van der Waals surface area (Å²) in [6.45, 7) is 3.84. The molecule has 4 heterocycles. The number of carbonyl (C=O) groups is 1. The van der Waals surface area contributed by atoms with E-state index in [0.29, 0.717) is 6.54 Å². The number of rotatable bonds is 6. The summed E-state index contributed by atoms with van der Waals surface area (Å²) in [6.07, 6.45) is 9.68. The fourth-order valence-corrected chi connectivity index (χ4v) is 3.79. The van der Waals surface area contributed by atoms with Crippen LogP contribution in [0.4, 0.5) is 5.69 Å². The zero-order valence-corrected chi connectivity index (χ0v) is 18.1. The summed E-state index contributed by atoms with van der Waals surface area (Å²) < 4.78 is 1.58. The predicted octanol–water partition coefficient (Wildman–Crippen LogP) is 4.02. The third-order valence-corrected chi connectivity index (χ3v) is 5.45. The van der Waals surface area contributed by atoms with Crippen molar-refractivity contribution in [2.24, 2.45) is 0 Å². The molecular formula is C26H20N6O2.